The second-order valence-electron chi connectivity index (χ2n) is 5.65. The molecule has 1 atom stereocenters. The van der Waals surface area contributed by atoms with Gasteiger partial charge in [-0.15, -0.1) is 11.8 Å². The summed E-state index contributed by atoms with van der Waals surface area (Å²) in [6, 6.07) is 0. The third-order valence-corrected chi connectivity index (χ3v) is 5.30. The second-order valence-corrected chi connectivity index (χ2v) is 7.02. The quantitative estimate of drug-likeness (QED) is 0.670. The van der Waals surface area contributed by atoms with Crippen molar-refractivity contribution in [3.8, 4) is 0 Å². The number of ether oxygens (including phenoxy) is 1. The highest BCUT2D eigenvalue weighted by molar-refractivity contribution is 8.00. The molecule has 1 aliphatic heterocycles. The Morgan fingerprint density at radius 2 is 1.89 bits per heavy atom. The van der Waals surface area contributed by atoms with Gasteiger partial charge in [-0.25, -0.2) is 0 Å². The summed E-state index contributed by atoms with van der Waals surface area (Å²) in [7, 11) is 2.06. The molecular formula is C15H31NO2S. The molecule has 1 saturated heterocycles. The lowest BCUT2D eigenvalue weighted by molar-refractivity contribution is -0.0311. The molecule has 0 aliphatic carbocycles. The Kier molecular flexibility index (Phi) is 8.38. The van der Waals surface area contributed by atoms with Crippen LogP contribution >= 0.6 is 11.8 Å². The maximum atomic E-state index is 8.96. The number of rotatable bonds is 10. The first-order valence-electron chi connectivity index (χ1n) is 7.77. The molecule has 0 radical (unpaired) electrons. The molecule has 3 nitrogen and oxygen atoms in total. The number of thioether (sulfide) groups is 1. The van der Waals surface area contributed by atoms with Crippen LogP contribution in [0.4, 0.5) is 0 Å². The van der Waals surface area contributed by atoms with Crippen LogP contribution in [-0.4, -0.2) is 53.5 Å². The molecule has 0 saturated carbocycles. The maximum Gasteiger partial charge on any atom is 0.114 e. The summed E-state index contributed by atoms with van der Waals surface area (Å²) in [5, 5.41) is 8.96. The highest BCUT2D eigenvalue weighted by Crippen LogP contribution is 2.44. The molecule has 114 valence electrons. The summed E-state index contributed by atoms with van der Waals surface area (Å²) >= 11 is 2.03. The molecule has 0 spiro atoms. The average Bonchev–Trinajstić information content (AvgIpc) is 2.78. The first kappa shape index (κ1) is 17.3. The zero-order valence-electron chi connectivity index (χ0n) is 12.9. The lowest BCUT2D eigenvalue weighted by atomic mass is 10.1. The van der Waals surface area contributed by atoms with Crippen LogP contribution in [0, 0.1) is 0 Å². The van der Waals surface area contributed by atoms with Gasteiger partial charge in [0.1, 0.15) is 4.93 Å². The fraction of sp³-hybridized carbons (Fsp3) is 1.00. The minimum absolute atomic E-state index is 0.0801. The van der Waals surface area contributed by atoms with E-state index < -0.39 is 0 Å². The summed E-state index contributed by atoms with van der Waals surface area (Å²) in [5.74, 6) is 1.10. The van der Waals surface area contributed by atoms with Gasteiger partial charge in [-0.2, -0.15) is 0 Å². The Morgan fingerprint density at radius 1 is 1.26 bits per heavy atom. The van der Waals surface area contributed by atoms with E-state index in [0.717, 1.165) is 18.8 Å². The zero-order chi connectivity index (χ0) is 14.1. The number of aliphatic hydroxyl groups is 1. The Hall–Kier alpha value is 0.230. The molecule has 1 heterocycles. The van der Waals surface area contributed by atoms with Gasteiger partial charge in [0.15, 0.2) is 0 Å². The van der Waals surface area contributed by atoms with Crippen LogP contribution in [0.1, 0.15) is 52.4 Å². The molecule has 1 fully saturated rings. The molecule has 0 amide bonds. The second kappa shape index (κ2) is 9.22. The molecule has 19 heavy (non-hydrogen) atoms. The average molecular weight is 289 g/mol. The van der Waals surface area contributed by atoms with Crippen molar-refractivity contribution in [2.24, 2.45) is 0 Å². The number of aliphatic hydroxyl groups excluding tert-OH is 1. The van der Waals surface area contributed by atoms with Crippen molar-refractivity contribution < 1.29 is 9.84 Å². The monoisotopic (exact) mass is 289 g/mol. The van der Waals surface area contributed by atoms with Gasteiger partial charge >= 0.3 is 0 Å². The molecule has 1 aliphatic rings. The smallest absolute Gasteiger partial charge is 0.114 e. The lowest BCUT2D eigenvalue weighted by Gasteiger charge is -2.29. The summed E-state index contributed by atoms with van der Waals surface area (Å²) in [6.45, 7) is 6.40. The van der Waals surface area contributed by atoms with Crippen molar-refractivity contribution >= 4 is 11.8 Å². The van der Waals surface area contributed by atoms with Gasteiger partial charge in [0, 0.05) is 18.8 Å². The van der Waals surface area contributed by atoms with E-state index in [-0.39, 0.29) is 11.5 Å². The Labute approximate surface area is 123 Å². The molecule has 4 heteroatoms. The topological polar surface area (TPSA) is 32.7 Å². The van der Waals surface area contributed by atoms with Gasteiger partial charge < -0.3 is 14.7 Å². The Bertz CT molecular complexity index is 230. The standard InChI is InChI=1S/C15H31NO2S/c1-4-6-8-15(9-7-5-2)18-14(13-19-15)12-16(3)10-11-17/h14,17H,4-13H2,1-3H3. The number of likely N-dealkylation sites (N-methyl/N-ethyl adjacent to an activating group) is 1. The normalized spacial score (nSPS) is 22.3. The van der Waals surface area contributed by atoms with E-state index in [0.29, 0.717) is 6.10 Å². The van der Waals surface area contributed by atoms with E-state index in [2.05, 4.69) is 25.8 Å². The predicted octanol–water partition coefficient (Wildman–Crippen LogP) is 3.12. The molecule has 0 aromatic heterocycles. The largest absolute Gasteiger partial charge is 0.395 e. The number of hydrogen-bond acceptors (Lipinski definition) is 4. The lowest BCUT2D eigenvalue weighted by Crippen LogP contribution is -2.35. The minimum atomic E-state index is 0.0801. The molecule has 1 N–H and O–H groups in total. The summed E-state index contributed by atoms with van der Waals surface area (Å²) in [4.78, 5) is 2.25. The van der Waals surface area contributed by atoms with Crippen molar-refractivity contribution in [3.63, 3.8) is 0 Å². The van der Waals surface area contributed by atoms with Crippen LogP contribution in [0.2, 0.25) is 0 Å². The van der Waals surface area contributed by atoms with Crippen molar-refractivity contribution in [2.75, 3.05) is 32.5 Å². The highest BCUT2D eigenvalue weighted by atomic mass is 32.2. The van der Waals surface area contributed by atoms with Gasteiger partial charge in [-0.1, -0.05) is 26.7 Å². The third kappa shape index (κ3) is 6.03. The van der Waals surface area contributed by atoms with E-state index in [1.54, 1.807) is 0 Å². The first-order valence-corrected chi connectivity index (χ1v) is 8.75. The van der Waals surface area contributed by atoms with Crippen LogP contribution in [0.3, 0.4) is 0 Å². The van der Waals surface area contributed by atoms with Crippen LogP contribution in [0.5, 0.6) is 0 Å². The SMILES string of the molecule is CCCCC1(CCCC)OC(CN(C)CCO)CS1. The maximum absolute atomic E-state index is 8.96. The highest BCUT2D eigenvalue weighted by Gasteiger charge is 2.39. The first-order chi connectivity index (χ1) is 9.15. The molecule has 0 aromatic carbocycles. The molecule has 0 aromatic rings. The van der Waals surface area contributed by atoms with E-state index >= 15 is 0 Å². The van der Waals surface area contributed by atoms with Gasteiger partial charge in [0.25, 0.3) is 0 Å². The molecule has 1 rings (SSSR count). The van der Waals surface area contributed by atoms with Gasteiger partial charge in [-0.05, 0) is 32.7 Å². The zero-order valence-corrected chi connectivity index (χ0v) is 13.7. The van der Waals surface area contributed by atoms with E-state index in [1.165, 1.54) is 38.5 Å². The fourth-order valence-electron chi connectivity index (χ4n) is 2.60. The number of unbranched alkanes of at least 4 members (excludes halogenated alkanes) is 2. The molecule has 1 unspecified atom stereocenters. The molecular weight excluding hydrogens is 258 g/mol. The van der Waals surface area contributed by atoms with Gasteiger partial charge in [-0.3, -0.25) is 0 Å². The van der Waals surface area contributed by atoms with Crippen LogP contribution < -0.4 is 0 Å². The van der Waals surface area contributed by atoms with Crippen molar-refractivity contribution in [3.05, 3.63) is 0 Å². The summed E-state index contributed by atoms with van der Waals surface area (Å²) in [5.41, 5.74) is 0. The van der Waals surface area contributed by atoms with E-state index in [4.69, 9.17) is 9.84 Å². The van der Waals surface area contributed by atoms with Gasteiger partial charge in [0.2, 0.25) is 0 Å². The van der Waals surface area contributed by atoms with E-state index in [9.17, 15) is 0 Å². The third-order valence-electron chi connectivity index (χ3n) is 3.73. The predicted molar refractivity (Wildman–Crippen MR) is 83.7 cm³/mol. The van der Waals surface area contributed by atoms with E-state index in [1.807, 2.05) is 11.8 Å². The van der Waals surface area contributed by atoms with Gasteiger partial charge in [0.05, 0.1) is 12.7 Å². The molecule has 0 bridgehead atoms. The van der Waals surface area contributed by atoms with Crippen LogP contribution in [-0.2, 0) is 4.74 Å². The van der Waals surface area contributed by atoms with Crippen molar-refractivity contribution in [1.82, 2.24) is 4.90 Å². The van der Waals surface area contributed by atoms with Crippen LogP contribution in [0.25, 0.3) is 0 Å². The summed E-state index contributed by atoms with van der Waals surface area (Å²) < 4.78 is 6.41. The van der Waals surface area contributed by atoms with Crippen molar-refractivity contribution in [1.29, 1.82) is 0 Å². The Morgan fingerprint density at radius 3 is 2.42 bits per heavy atom. The van der Waals surface area contributed by atoms with Crippen molar-refractivity contribution in [2.45, 2.75) is 63.4 Å². The fourth-order valence-corrected chi connectivity index (χ4v) is 4.04. The van der Waals surface area contributed by atoms with Crippen LogP contribution in [0.15, 0.2) is 0 Å². The summed E-state index contributed by atoms with van der Waals surface area (Å²) in [6.07, 6.45) is 7.71. The minimum Gasteiger partial charge on any atom is -0.395 e. The number of hydrogen-bond donors (Lipinski definition) is 1. The number of nitrogens with zero attached hydrogens (tertiary/aromatic N) is 1. The Balaban J connectivity index is 2.45.